The smallest absolute Gasteiger partial charge is 0.357 e. The second-order valence-electron chi connectivity index (χ2n) is 3.02. The second-order valence-corrected chi connectivity index (χ2v) is 3.02. The van der Waals surface area contributed by atoms with E-state index in [1.165, 1.54) is 12.1 Å². The molecule has 1 heterocycles. The van der Waals surface area contributed by atoms with Gasteiger partial charge in [0.05, 0.1) is 6.10 Å². The van der Waals surface area contributed by atoms with Gasteiger partial charge in [-0.3, -0.25) is 4.79 Å². The molecule has 4 heteroatoms. The largest absolute Gasteiger partial charge is 0.458 e. The topological polar surface area (TPSA) is 56.3 Å². The lowest BCUT2D eigenvalue weighted by Gasteiger charge is -2.06. The molecule has 0 amide bonds. The minimum absolute atomic E-state index is 0.156. The maximum Gasteiger partial charge on any atom is 0.357 e. The fourth-order valence-corrected chi connectivity index (χ4v) is 0.905. The van der Waals surface area contributed by atoms with Crippen LogP contribution in [0.1, 0.15) is 34.8 Å². The normalized spacial score (nSPS) is 9.93. The van der Waals surface area contributed by atoms with Gasteiger partial charge >= 0.3 is 5.97 Å². The average molecular weight is 193 g/mol. The predicted molar refractivity (Wildman–Crippen MR) is 50.2 cm³/mol. The van der Waals surface area contributed by atoms with E-state index in [9.17, 15) is 9.59 Å². The van der Waals surface area contributed by atoms with Crippen molar-refractivity contribution in [3.05, 3.63) is 29.6 Å². The first kappa shape index (κ1) is 10.4. The summed E-state index contributed by atoms with van der Waals surface area (Å²) in [5, 5.41) is 0. The zero-order chi connectivity index (χ0) is 10.6. The van der Waals surface area contributed by atoms with Crippen molar-refractivity contribution in [1.29, 1.82) is 0 Å². The molecule has 14 heavy (non-hydrogen) atoms. The van der Waals surface area contributed by atoms with E-state index in [-0.39, 0.29) is 17.5 Å². The average Bonchev–Trinajstić information content (AvgIpc) is 2.17. The number of carbonyl (C=O) groups excluding carboxylic acids is 2. The van der Waals surface area contributed by atoms with Crippen LogP contribution in [-0.4, -0.2) is 23.3 Å². The number of aldehydes is 1. The third-order valence-electron chi connectivity index (χ3n) is 1.44. The fraction of sp³-hybridized carbons (Fsp3) is 0.300. The summed E-state index contributed by atoms with van der Waals surface area (Å²) in [5.74, 6) is -0.510. The minimum Gasteiger partial charge on any atom is -0.458 e. The van der Waals surface area contributed by atoms with E-state index in [1.54, 1.807) is 19.9 Å². The van der Waals surface area contributed by atoms with Crippen molar-refractivity contribution >= 4 is 12.3 Å². The molecule has 0 aromatic carbocycles. The zero-order valence-corrected chi connectivity index (χ0v) is 8.06. The molecule has 0 fully saturated rings. The maximum absolute atomic E-state index is 11.3. The first-order chi connectivity index (χ1) is 6.63. The Labute approximate surface area is 81.9 Å². The highest BCUT2D eigenvalue weighted by atomic mass is 16.5. The van der Waals surface area contributed by atoms with Gasteiger partial charge in [-0.1, -0.05) is 6.07 Å². The van der Waals surface area contributed by atoms with Gasteiger partial charge in [-0.15, -0.1) is 0 Å². The standard InChI is InChI=1S/C10H11NO3/c1-7(2)14-10(13)9-5-3-4-8(6-12)11-9/h3-7H,1-2H3. The molecule has 0 N–H and O–H groups in total. The number of ether oxygens (including phenoxy) is 1. The highest BCUT2D eigenvalue weighted by molar-refractivity contribution is 5.88. The van der Waals surface area contributed by atoms with E-state index in [0.717, 1.165) is 0 Å². The maximum atomic E-state index is 11.3. The molecular weight excluding hydrogens is 182 g/mol. The molecule has 0 radical (unpaired) electrons. The van der Waals surface area contributed by atoms with Crippen LogP contribution in [0, 0.1) is 0 Å². The van der Waals surface area contributed by atoms with E-state index >= 15 is 0 Å². The van der Waals surface area contributed by atoms with Gasteiger partial charge < -0.3 is 4.74 Å². The van der Waals surface area contributed by atoms with Gasteiger partial charge in [-0.2, -0.15) is 0 Å². The van der Waals surface area contributed by atoms with Gasteiger partial charge in [0.1, 0.15) is 11.4 Å². The number of esters is 1. The monoisotopic (exact) mass is 193 g/mol. The summed E-state index contributed by atoms with van der Waals surface area (Å²) in [4.78, 5) is 25.5. The van der Waals surface area contributed by atoms with Crippen LogP contribution in [0.5, 0.6) is 0 Å². The molecule has 1 aromatic rings. The summed E-state index contributed by atoms with van der Waals surface area (Å²) in [6.45, 7) is 3.50. The highest BCUT2D eigenvalue weighted by Crippen LogP contribution is 2.01. The molecule has 0 atom stereocenters. The molecule has 0 aliphatic rings. The molecule has 4 nitrogen and oxygen atoms in total. The minimum atomic E-state index is -0.510. The van der Waals surface area contributed by atoms with Crippen LogP contribution < -0.4 is 0 Å². The van der Waals surface area contributed by atoms with Crippen molar-refractivity contribution in [2.45, 2.75) is 20.0 Å². The summed E-state index contributed by atoms with van der Waals surface area (Å²) in [5.41, 5.74) is 0.381. The lowest BCUT2D eigenvalue weighted by Crippen LogP contribution is -2.13. The summed E-state index contributed by atoms with van der Waals surface area (Å²) in [7, 11) is 0. The van der Waals surface area contributed by atoms with E-state index in [4.69, 9.17) is 4.74 Å². The Hall–Kier alpha value is -1.71. The Balaban J connectivity index is 2.84. The Morgan fingerprint density at radius 1 is 1.50 bits per heavy atom. The van der Waals surface area contributed by atoms with Crippen molar-refractivity contribution in [2.24, 2.45) is 0 Å². The van der Waals surface area contributed by atoms with E-state index in [1.807, 2.05) is 0 Å². The van der Waals surface area contributed by atoms with Crippen LogP contribution in [-0.2, 0) is 4.74 Å². The molecule has 0 saturated heterocycles. The lowest BCUT2D eigenvalue weighted by molar-refractivity contribution is 0.0371. The number of rotatable bonds is 3. The van der Waals surface area contributed by atoms with Gasteiger partial charge in [0, 0.05) is 0 Å². The first-order valence-electron chi connectivity index (χ1n) is 4.26. The first-order valence-corrected chi connectivity index (χ1v) is 4.26. The van der Waals surface area contributed by atoms with Crippen molar-refractivity contribution < 1.29 is 14.3 Å². The lowest BCUT2D eigenvalue weighted by atomic mass is 10.3. The number of hydrogen-bond acceptors (Lipinski definition) is 4. The molecule has 1 aromatic heterocycles. The molecule has 74 valence electrons. The molecule has 0 spiro atoms. The van der Waals surface area contributed by atoms with Crippen LogP contribution in [0.2, 0.25) is 0 Å². The van der Waals surface area contributed by atoms with Crippen LogP contribution >= 0.6 is 0 Å². The van der Waals surface area contributed by atoms with Crippen molar-refractivity contribution in [3.63, 3.8) is 0 Å². The van der Waals surface area contributed by atoms with Crippen LogP contribution in [0.4, 0.5) is 0 Å². The Morgan fingerprint density at radius 3 is 2.79 bits per heavy atom. The van der Waals surface area contributed by atoms with Crippen molar-refractivity contribution in [3.8, 4) is 0 Å². The third kappa shape index (κ3) is 2.65. The third-order valence-corrected chi connectivity index (χ3v) is 1.44. The van der Waals surface area contributed by atoms with Crippen molar-refractivity contribution in [1.82, 2.24) is 4.98 Å². The summed E-state index contributed by atoms with van der Waals surface area (Å²) in [6, 6.07) is 4.63. The molecule has 0 unspecified atom stereocenters. The van der Waals surface area contributed by atoms with Crippen molar-refractivity contribution in [2.75, 3.05) is 0 Å². The SMILES string of the molecule is CC(C)OC(=O)c1cccc(C=O)n1. The zero-order valence-electron chi connectivity index (χ0n) is 8.06. The quantitative estimate of drug-likeness (QED) is 0.538. The van der Waals surface area contributed by atoms with Gasteiger partial charge in [-0.25, -0.2) is 9.78 Å². The van der Waals surface area contributed by atoms with Crippen LogP contribution in [0.25, 0.3) is 0 Å². The molecule has 0 aliphatic heterocycles. The van der Waals surface area contributed by atoms with Gasteiger partial charge in [0.15, 0.2) is 6.29 Å². The summed E-state index contributed by atoms with van der Waals surface area (Å²) >= 11 is 0. The van der Waals surface area contributed by atoms with Crippen LogP contribution in [0.15, 0.2) is 18.2 Å². The van der Waals surface area contributed by atoms with E-state index < -0.39 is 5.97 Å². The highest BCUT2D eigenvalue weighted by Gasteiger charge is 2.10. The molecule has 0 aliphatic carbocycles. The number of nitrogens with zero attached hydrogens (tertiary/aromatic N) is 1. The Kier molecular flexibility index (Phi) is 3.34. The predicted octanol–water partition coefficient (Wildman–Crippen LogP) is 1.46. The summed E-state index contributed by atoms with van der Waals surface area (Å²) in [6.07, 6.45) is 0.399. The van der Waals surface area contributed by atoms with Gasteiger partial charge in [0.2, 0.25) is 0 Å². The fourth-order valence-electron chi connectivity index (χ4n) is 0.905. The number of hydrogen-bond donors (Lipinski definition) is 0. The molecule has 1 rings (SSSR count). The molecule has 0 saturated carbocycles. The van der Waals surface area contributed by atoms with Gasteiger partial charge in [-0.05, 0) is 26.0 Å². The van der Waals surface area contributed by atoms with E-state index in [2.05, 4.69) is 4.98 Å². The molecular formula is C10H11NO3. The second kappa shape index (κ2) is 4.50. The Morgan fingerprint density at radius 2 is 2.21 bits per heavy atom. The molecule has 0 bridgehead atoms. The number of aromatic nitrogens is 1. The Bertz CT molecular complexity index is 347. The van der Waals surface area contributed by atoms with Crippen LogP contribution in [0.3, 0.4) is 0 Å². The number of carbonyl (C=O) groups is 2. The number of pyridine rings is 1. The van der Waals surface area contributed by atoms with E-state index in [0.29, 0.717) is 6.29 Å². The summed E-state index contributed by atoms with van der Waals surface area (Å²) < 4.78 is 4.92. The van der Waals surface area contributed by atoms with Gasteiger partial charge in [0.25, 0.3) is 0 Å².